The average molecular weight is 444 g/mol. The van der Waals surface area contributed by atoms with E-state index in [-0.39, 0.29) is 0 Å². The van der Waals surface area contributed by atoms with E-state index < -0.39 is 11.2 Å². The van der Waals surface area contributed by atoms with Crippen LogP contribution in [0, 0.1) is 6.92 Å². The minimum atomic E-state index is -1.04. The molecule has 4 N–H and O–H groups in total. The number of nitrogens with zero attached hydrogens (tertiary/aromatic N) is 2. The van der Waals surface area contributed by atoms with Crippen molar-refractivity contribution in [3.05, 3.63) is 53.3 Å². The molecule has 4 rings (SSSR count). The molecule has 0 atom stereocenters. The maximum atomic E-state index is 9.96. The highest BCUT2D eigenvalue weighted by atomic mass is 16.5. The number of benzene rings is 2. The van der Waals surface area contributed by atoms with Crippen molar-refractivity contribution in [2.75, 3.05) is 5.73 Å². The lowest BCUT2D eigenvalue weighted by atomic mass is 9.94. The minimum Gasteiger partial charge on any atom is -0.398 e. The van der Waals surface area contributed by atoms with Crippen LogP contribution in [-0.2, 0) is 11.2 Å². The van der Waals surface area contributed by atoms with Gasteiger partial charge in [-0.3, -0.25) is 0 Å². The fourth-order valence-corrected chi connectivity index (χ4v) is 3.09. The smallest absolute Gasteiger partial charge is 0.169 e. The van der Waals surface area contributed by atoms with Crippen LogP contribution in [0.1, 0.15) is 72.3 Å². The number of aromatic nitrogens is 2. The summed E-state index contributed by atoms with van der Waals surface area (Å²) < 4.78 is 10.2. The van der Waals surface area contributed by atoms with E-state index in [0.717, 1.165) is 22.2 Å². The third kappa shape index (κ3) is 6.08. The Balaban J connectivity index is 0.000000277. The molecule has 0 aliphatic heterocycles. The van der Waals surface area contributed by atoms with Crippen LogP contribution in [0.4, 0.5) is 5.69 Å². The molecule has 0 spiro atoms. The van der Waals surface area contributed by atoms with E-state index in [2.05, 4.69) is 10.3 Å². The van der Waals surface area contributed by atoms with Gasteiger partial charge in [-0.15, -0.1) is 0 Å². The number of nitrogens with two attached hydrogens (primary N) is 1. The average Bonchev–Trinajstić information content (AvgIpc) is 3.36. The van der Waals surface area contributed by atoms with Crippen molar-refractivity contribution in [3.8, 4) is 0 Å². The summed E-state index contributed by atoms with van der Waals surface area (Å²) in [5.41, 5.74) is 7.92. The molecule has 7 nitrogen and oxygen atoms in total. The molecule has 0 radical (unpaired) electrons. The highest BCUT2D eigenvalue weighted by molar-refractivity contribution is 5.91. The monoisotopic (exact) mass is 443 g/mol. The Kier molecular flexibility index (Phi) is 9.42. The summed E-state index contributed by atoms with van der Waals surface area (Å²) in [5.74, 6) is 0. The van der Waals surface area contributed by atoms with E-state index >= 15 is 0 Å². The highest BCUT2D eigenvalue weighted by Crippen LogP contribution is 2.31. The number of nitrogen functional groups attached to an aromatic ring is 1. The molecule has 0 amide bonds. The number of rotatable bonds is 2. The van der Waals surface area contributed by atoms with Gasteiger partial charge in [0.25, 0.3) is 0 Å². The molecule has 0 aliphatic carbocycles. The molecule has 0 saturated carbocycles. The van der Waals surface area contributed by atoms with Crippen molar-refractivity contribution in [2.24, 2.45) is 0 Å². The van der Waals surface area contributed by atoms with Crippen LogP contribution >= 0.6 is 0 Å². The summed E-state index contributed by atoms with van der Waals surface area (Å²) in [6.07, 6.45) is 0. The predicted molar refractivity (Wildman–Crippen MR) is 130 cm³/mol. The van der Waals surface area contributed by atoms with Crippen molar-refractivity contribution < 1.29 is 19.3 Å². The second-order valence-electron chi connectivity index (χ2n) is 7.82. The van der Waals surface area contributed by atoms with Crippen molar-refractivity contribution in [1.82, 2.24) is 10.3 Å². The number of hydrogen-bond donors (Lipinski definition) is 3. The zero-order valence-corrected chi connectivity index (χ0v) is 20.6. The second kappa shape index (κ2) is 11.1. The van der Waals surface area contributed by atoms with Crippen LogP contribution in [0.3, 0.4) is 0 Å². The van der Waals surface area contributed by atoms with E-state index in [1.807, 2.05) is 52.8 Å². The van der Waals surface area contributed by atoms with Gasteiger partial charge in [-0.2, -0.15) is 0 Å². The van der Waals surface area contributed by atoms with Gasteiger partial charge in [-0.1, -0.05) is 56.2 Å². The molecule has 0 saturated heterocycles. The molecule has 0 aliphatic rings. The first-order valence-electron chi connectivity index (χ1n) is 10.9. The summed E-state index contributed by atoms with van der Waals surface area (Å²) in [4.78, 5) is 0. The summed E-state index contributed by atoms with van der Waals surface area (Å²) in [7, 11) is 0. The SMILES string of the molecule is CC.CC.CC(C)(O)c1noc2cccc(N)c12.Cc1noc2cccc(C(C)(C)O)c12. The lowest BCUT2D eigenvalue weighted by molar-refractivity contribution is 0.0716. The predicted octanol–water partition coefficient (Wildman–Crippen LogP) is 6.05. The molecule has 0 fully saturated rings. The molecule has 0 bridgehead atoms. The van der Waals surface area contributed by atoms with Crippen LogP contribution in [0.15, 0.2) is 45.4 Å². The summed E-state index contributed by atoms with van der Waals surface area (Å²) in [5, 5.41) is 29.1. The molecule has 2 heterocycles. The fourth-order valence-electron chi connectivity index (χ4n) is 3.09. The maximum Gasteiger partial charge on any atom is 0.169 e. The Morgan fingerprint density at radius 2 is 1.25 bits per heavy atom. The zero-order valence-electron chi connectivity index (χ0n) is 20.6. The number of aryl methyl sites for hydroxylation is 1. The van der Waals surface area contributed by atoms with Gasteiger partial charge in [0.05, 0.1) is 22.1 Å². The fraction of sp³-hybridized carbons (Fsp3) is 0.440. The van der Waals surface area contributed by atoms with E-state index in [1.54, 1.807) is 45.9 Å². The van der Waals surface area contributed by atoms with Crippen LogP contribution in [0.25, 0.3) is 21.9 Å². The van der Waals surface area contributed by atoms with Crippen molar-refractivity contribution in [2.45, 2.75) is 73.5 Å². The number of anilines is 1. The third-order valence-corrected chi connectivity index (χ3v) is 4.44. The summed E-state index contributed by atoms with van der Waals surface area (Å²) in [6, 6.07) is 10.9. The molecular formula is C25H37N3O4. The number of aliphatic hydroxyl groups is 2. The lowest BCUT2D eigenvalue weighted by Gasteiger charge is -2.18. The molecule has 176 valence electrons. The standard InChI is InChI=1S/C11H13NO2.C10H12N2O2.2C2H6/c1-7-10-8(11(2,3)13)5-4-6-9(10)14-12-7;1-10(2,13)9-8-6(11)4-3-5-7(8)14-12-9;2*1-2/h4-6,13H,1-3H3;3-5,13H,11H2,1-2H3;2*1-2H3. The molecular weight excluding hydrogens is 406 g/mol. The number of hydrogen-bond acceptors (Lipinski definition) is 7. The van der Waals surface area contributed by atoms with Crippen molar-refractivity contribution >= 4 is 27.6 Å². The second-order valence-corrected chi connectivity index (χ2v) is 7.82. The molecule has 4 aromatic rings. The normalized spacial score (nSPS) is 11.1. The van der Waals surface area contributed by atoms with Crippen LogP contribution < -0.4 is 5.73 Å². The topological polar surface area (TPSA) is 119 Å². The molecule has 0 unspecified atom stereocenters. The number of fused-ring (bicyclic) bond motifs is 2. The largest absolute Gasteiger partial charge is 0.398 e. The van der Waals surface area contributed by atoms with Gasteiger partial charge in [0.1, 0.15) is 11.3 Å². The first-order valence-corrected chi connectivity index (χ1v) is 10.9. The summed E-state index contributed by atoms with van der Waals surface area (Å²) in [6.45, 7) is 16.7. The van der Waals surface area contributed by atoms with E-state index in [0.29, 0.717) is 22.4 Å². The van der Waals surface area contributed by atoms with E-state index in [4.69, 9.17) is 14.8 Å². The van der Waals surface area contributed by atoms with Gasteiger partial charge in [-0.05, 0) is 58.4 Å². The first-order chi connectivity index (χ1) is 15.0. The van der Waals surface area contributed by atoms with Crippen LogP contribution in [-0.4, -0.2) is 20.5 Å². The van der Waals surface area contributed by atoms with Gasteiger partial charge < -0.3 is 25.0 Å². The van der Waals surface area contributed by atoms with Crippen molar-refractivity contribution in [1.29, 1.82) is 0 Å². The minimum absolute atomic E-state index is 0.477. The van der Waals surface area contributed by atoms with Gasteiger partial charge >= 0.3 is 0 Å². The van der Waals surface area contributed by atoms with E-state index in [1.165, 1.54) is 0 Å². The summed E-state index contributed by atoms with van der Waals surface area (Å²) >= 11 is 0. The van der Waals surface area contributed by atoms with Crippen LogP contribution in [0.5, 0.6) is 0 Å². The molecule has 2 aromatic carbocycles. The molecule has 2 aromatic heterocycles. The van der Waals surface area contributed by atoms with Gasteiger partial charge in [0.2, 0.25) is 0 Å². The Morgan fingerprint density at radius 3 is 1.78 bits per heavy atom. The van der Waals surface area contributed by atoms with Crippen LogP contribution in [0.2, 0.25) is 0 Å². The lowest BCUT2D eigenvalue weighted by Crippen LogP contribution is -2.16. The Hall–Kier alpha value is -2.90. The highest BCUT2D eigenvalue weighted by Gasteiger charge is 2.25. The van der Waals surface area contributed by atoms with Gasteiger partial charge in [0, 0.05) is 5.69 Å². The molecule has 32 heavy (non-hydrogen) atoms. The Bertz CT molecular complexity index is 1110. The van der Waals surface area contributed by atoms with E-state index in [9.17, 15) is 10.2 Å². The Labute approximate surface area is 190 Å². The first kappa shape index (κ1) is 27.1. The Morgan fingerprint density at radius 1 is 0.750 bits per heavy atom. The quantitative estimate of drug-likeness (QED) is 0.322. The third-order valence-electron chi connectivity index (χ3n) is 4.44. The maximum absolute atomic E-state index is 9.96. The zero-order chi connectivity index (χ0) is 24.7. The van der Waals surface area contributed by atoms with Gasteiger partial charge in [0.15, 0.2) is 11.2 Å². The molecule has 7 heteroatoms. The van der Waals surface area contributed by atoms with Crippen molar-refractivity contribution in [3.63, 3.8) is 0 Å². The van der Waals surface area contributed by atoms with Gasteiger partial charge in [-0.25, -0.2) is 0 Å².